The van der Waals surface area contributed by atoms with E-state index in [0.717, 1.165) is 41.0 Å². The van der Waals surface area contributed by atoms with Crippen LogP contribution in [0.25, 0.3) is 21.1 Å². The Balaban J connectivity index is 0.000000326. The number of aromatic nitrogens is 2. The molecule has 0 spiro atoms. The van der Waals surface area contributed by atoms with Crippen molar-refractivity contribution in [2.45, 2.75) is 119 Å². The van der Waals surface area contributed by atoms with Crippen molar-refractivity contribution in [3.8, 4) is 33.0 Å². The highest BCUT2D eigenvalue weighted by Gasteiger charge is 2.23. The van der Waals surface area contributed by atoms with Gasteiger partial charge in [0, 0.05) is 31.1 Å². The monoisotopic (exact) mass is 618 g/mol. The number of carbonyl (C=O) groups excluding carboxylic acids is 1. The number of nitriles is 1. The van der Waals surface area contributed by atoms with Crippen LogP contribution in [-0.2, 0) is 11.2 Å². The molecule has 0 radical (unpaired) electrons. The quantitative estimate of drug-likeness (QED) is 0.263. The molecule has 1 aliphatic heterocycles. The van der Waals surface area contributed by atoms with E-state index < -0.39 is 0 Å². The summed E-state index contributed by atoms with van der Waals surface area (Å²) in [5.74, 6) is 2.39. The molecule has 240 valence electrons. The second-order valence-corrected chi connectivity index (χ2v) is 12.7. The van der Waals surface area contributed by atoms with Gasteiger partial charge in [0.15, 0.2) is 0 Å². The van der Waals surface area contributed by atoms with Crippen LogP contribution in [-0.4, -0.2) is 40.2 Å². The third-order valence-corrected chi connectivity index (χ3v) is 8.97. The topological polar surface area (TPSA) is 79.1 Å². The molecule has 2 atom stereocenters. The van der Waals surface area contributed by atoms with Crippen molar-refractivity contribution in [3.05, 3.63) is 53.1 Å². The van der Waals surface area contributed by atoms with E-state index in [-0.39, 0.29) is 12.0 Å². The number of carbonyl (C=O) groups is 1. The van der Waals surface area contributed by atoms with Crippen molar-refractivity contribution < 1.29 is 9.53 Å². The summed E-state index contributed by atoms with van der Waals surface area (Å²) in [7, 11) is 0. The Morgan fingerprint density at radius 3 is 2.32 bits per heavy atom. The Hall–Kier alpha value is -3.24. The van der Waals surface area contributed by atoms with Crippen LogP contribution in [0.1, 0.15) is 123 Å². The van der Waals surface area contributed by atoms with Gasteiger partial charge in [-0.3, -0.25) is 4.79 Å². The highest BCUT2D eigenvalue weighted by atomic mass is 32.1. The van der Waals surface area contributed by atoms with E-state index in [2.05, 4.69) is 62.2 Å². The fourth-order valence-electron chi connectivity index (χ4n) is 5.35. The van der Waals surface area contributed by atoms with Crippen molar-refractivity contribution in [3.63, 3.8) is 0 Å². The van der Waals surface area contributed by atoms with Crippen molar-refractivity contribution in [1.29, 1.82) is 5.26 Å². The first-order chi connectivity index (χ1) is 21.2. The summed E-state index contributed by atoms with van der Waals surface area (Å²) in [6.07, 6.45) is 8.79. The van der Waals surface area contributed by atoms with Gasteiger partial charge >= 0.3 is 0 Å². The van der Waals surface area contributed by atoms with Gasteiger partial charge in [-0.05, 0) is 80.7 Å². The van der Waals surface area contributed by atoms with E-state index in [1.165, 1.54) is 55.2 Å². The van der Waals surface area contributed by atoms with E-state index in [4.69, 9.17) is 4.74 Å². The number of hydrogen-bond acceptors (Lipinski definition) is 6. The lowest BCUT2D eigenvalue weighted by Crippen LogP contribution is -2.24. The van der Waals surface area contributed by atoms with Crippen LogP contribution in [0.15, 0.2) is 36.4 Å². The molecule has 1 saturated heterocycles. The zero-order valence-corrected chi connectivity index (χ0v) is 29.4. The molecule has 2 aromatic carbocycles. The van der Waals surface area contributed by atoms with E-state index >= 15 is 0 Å². The molecule has 1 amide bonds. The van der Waals surface area contributed by atoms with Crippen LogP contribution < -0.4 is 4.74 Å². The molecule has 5 rings (SSSR count). The van der Waals surface area contributed by atoms with Gasteiger partial charge in [0.25, 0.3) is 0 Å². The molecule has 6 nitrogen and oxygen atoms in total. The molecule has 0 saturated carbocycles. The fraction of sp³-hybridized carbons (Fsp3) is 0.568. The summed E-state index contributed by atoms with van der Waals surface area (Å²) in [5.41, 5.74) is 5.46. The van der Waals surface area contributed by atoms with Crippen LogP contribution in [0.5, 0.6) is 5.75 Å². The van der Waals surface area contributed by atoms with Gasteiger partial charge in [0.1, 0.15) is 21.8 Å². The molecule has 1 aromatic heterocycles. The van der Waals surface area contributed by atoms with Crippen LogP contribution in [0.2, 0.25) is 0 Å². The number of ether oxygens (including phenoxy) is 1. The SMILES string of the molecule is CC.CC(=O)N1CCCC1.CC(C)Oc1ccc(-c2nnc(-c3cccc4c3CCC4C)s2)cc1C#N.CCCC(C)CC. The summed E-state index contributed by atoms with van der Waals surface area (Å²) in [5, 5.41) is 20.1. The molecule has 0 N–H and O–H groups in total. The average Bonchev–Trinajstić information content (AvgIpc) is 3.81. The summed E-state index contributed by atoms with van der Waals surface area (Å²) < 4.78 is 5.71. The first-order valence-corrected chi connectivity index (χ1v) is 17.4. The Bertz CT molecular complexity index is 1340. The lowest BCUT2D eigenvalue weighted by molar-refractivity contribution is -0.127. The van der Waals surface area contributed by atoms with E-state index in [0.29, 0.717) is 17.2 Å². The van der Waals surface area contributed by atoms with Crippen molar-refractivity contribution in [1.82, 2.24) is 15.1 Å². The van der Waals surface area contributed by atoms with Crippen LogP contribution in [0.4, 0.5) is 0 Å². The molecule has 3 aromatic rings. The van der Waals surface area contributed by atoms with Gasteiger partial charge in [-0.15, -0.1) is 10.2 Å². The van der Waals surface area contributed by atoms with E-state index in [9.17, 15) is 10.1 Å². The standard InChI is InChI=1S/C22H21N3OS.C7H16.C6H11NO.C2H6/c1-13(2)26-20-10-8-15(11-16(20)12-23)21-24-25-22(27-21)19-6-4-5-17-14(3)7-9-18(17)19;1-4-6-7(3)5-2;1-6(8)7-4-2-3-5-7;1-2/h4-6,8,10-11,13-14H,7,9H2,1-3H3;7H,4-6H2,1-3H3;2-5H2,1H3;1-2H3. The molecule has 7 heteroatoms. The smallest absolute Gasteiger partial charge is 0.219 e. The number of likely N-dealkylation sites (tertiary alicyclic amines) is 1. The summed E-state index contributed by atoms with van der Waals surface area (Å²) in [4.78, 5) is 12.5. The zero-order valence-electron chi connectivity index (χ0n) is 28.6. The number of rotatable bonds is 7. The van der Waals surface area contributed by atoms with Crippen LogP contribution in [0.3, 0.4) is 0 Å². The largest absolute Gasteiger partial charge is 0.490 e. The van der Waals surface area contributed by atoms with E-state index in [1.807, 2.05) is 50.8 Å². The maximum Gasteiger partial charge on any atom is 0.219 e. The molecule has 1 aliphatic carbocycles. The van der Waals surface area contributed by atoms with Crippen molar-refractivity contribution >= 4 is 17.2 Å². The summed E-state index contributed by atoms with van der Waals surface area (Å²) >= 11 is 1.57. The molecule has 44 heavy (non-hydrogen) atoms. The van der Waals surface area contributed by atoms with Crippen LogP contribution >= 0.6 is 11.3 Å². The minimum Gasteiger partial charge on any atom is -0.490 e. The Labute approximate surface area is 270 Å². The first-order valence-electron chi connectivity index (χ1n) is 16.6. The van der Waals surface area contributed by atoms with Crippen LogP contribution in [0, 0.1) is 17.2 Å². The second-order valence-electron chi connectivity index (χ2n) is 11.7. The average molecular weight is 619 g/mol. The second kappa shape index (κ2) is 19.2. The minimum absolute atomic E-state index is 0.0265. The Kier molecular flexibility index (Phi) is 16.1. The predicted molar refractivity (Wildman–Crippen MR) is 185 cm³/mol. The Morgan fingerprint density at radius 2 is 1.77 bits per heavy atom. The van der Waals surface area contributed by atoms with Crippen molar-refractivity contribution in [2.75, 3.05) is 13.1 Å². The summed E-state index contributed by atoms with van der Waals surface area (Å²) in [6, 6.07) is 14.3. The molecule has 2 unspecified atom stereocenters. The van der Waals surface area contributed by atoms with Gasteiger partial charge in [0.05, 0.1) is 11.7 Å². The predicted octanol–water partition coefficient (Wildman–Crippen LogP) is 10.1. The molecule has 2 heterocycles. The number of hydrogen-bond donors (Lipinski definition) is 0. The maximum atomic E-state index is 10.6. The molecule has 2 aliphatic rings. The highest BCUT2D eigenvalue weighted by Crippen LogP contribution is 2.40. The van der Waals surface area contributed by atoms with Gasteiger partial charge in [-0.1, -0.05) is 90.3 Å². The number of nitrogens with zero attached hydrogens (tertiary/aromatic N) is 4. The molecule has 0 bridgehead atoms. The molecular weight excluding hydrogens is 565 g/mol. The first kappa shape index (κ1) is 36.9. The normalized spacial score (nSPS) is 15.5. The fourth-order valence-corrected chi connectivity index (χ4v) is 6.24. The van der Waals surface area contributed by atoms with Gasteiger partial charge in [-0.25, -0.2) is 0 Å². The summed E-state index contributed by atoms with van der Waals surface area (Å²) in [6.45, 7) is 20.6. The molecule has 1 fully saturated rings. The van der Waals surface area contributed by atoms with Gasteiger partial charge in [0.2, 0.25) is 5.91 Å². The maximum absolute atomic E-state index is 10.6. The Morgan fingerprint density at radius 1 is 1.09 bits per heavy atom. The van der Waals surface area contributed by atoms with E-state index in [1.54, 1.807) is 18.3 Å². The number of benzene rings is 2. The van der Waals surface area contributed by atoms with Gasteiger partial charge < -0.3 is 9.64 Å². The van der Waals surface area contributed by atoms with Crippen molar-refractivity contribution in [2.24, 2.45) is 5.92 Å². The third-order valence-electron chi connectivity index (χ3n) is 7.97. The zero-order chi connectivity index (χ0) is 32.6. The minimum atomic E-state index is 0.0265. The van der Waals surface area contributed by atoms with Gasteiger partial charge in [-0.2, -0.15) is 5.26 Å². The number of amides is 1. The third kappa shape index (κ3) is 10.7. The number of fused-ring (bicyclic) bond motifs is 1. The lowest BCUT2D eigenvalue weighted by atomic mass is 10.0. The molecular formula is C37H54N4O2S. The highest BCUT2D eigenvalue weighted by molar-refractivity contribution is 7.17. The lowest BCUT2D eigenvalue weighted by Gasteiger charge is -2.11.